The summed E-state index contributed by atoms with van der Waals surface area (Å²) in [7, 11) is 0. The van der Waals surface area contributed by atoms with Crippen LogP contribution in [0.2, 0.25) is 0 Å². The Bertz CT molecular complexity index is 874. The minimum atomic E-state index is -0.220. The highest BCUT2D eigenvalue weighted by Gasteiger charge is 2.50. The smallest absolute Gasteiger partial charge is 0.230 e. The summed E-state index contributed by atoms with van der Waals surface area (Å²) in [5.74, 6) is -0.382. The fourth-order valence-electron chi connectivity index (χ4n) is 4.10. The summed E-state index contributed by atoms with van der Waals surface area (Å²) in [6.45, 7) is 6.88. The largest absolute Gasteiger partial charge is 0.372 e. The van der Waals surface area contributed by atoms with Crippen LogP contribution in [-0.2, 0) is 16.0 Å². The van der Waals surface area contributed by atoms with Crippen molar-refractivity contribution in [1.29, 1.82) is 0 Å². The maximum absolute atomic E-state index is 12.9. The van der Waals surface area contributed by atoms with Gasteiger partial charge in [0.05, 0.1) is 11.8 Å². The van der Waals surface area contributed by atoms with Crippen LogP contribution in [0.15, 0.2) is 48.5 Å². The zero-order valence-electron chi connectivity index (χ0n) is 16.5. The zero-order chi connectivity index (χ0) is 19.7. The van der Waals surface area contributed by atoms with Crippen molar-refractivity contribution < 1.29 is 9.59 Å². The van der Waals surface area contributed by atoms with Crippen molar-refractivity contribution in [2.45, 2.75) is 26.7 Å². The van der Waals surface area contributed by atoms with Crippen LogP contribution in [0.1, 0.15) is 25.8 Å². The van der Waals surface area contributed by atoms with Gasteiger partial charge in [0.2, 0.25) is 11.8 Å². The molecule has 5 heteroatoms. The minimum Gasteiger partial charge on any atom is -0.372 e. The molecule has 0 aromatic heterocycles. The summed E-state index contributed by atoms with van der Waals surface area (Å²) < 4.78 is 0. The molecule has 0 radical (unpaired) electrons. The number of amides is 2. The predicted molar refractivity (Wildman–Crippen MR) is 113 cm³/mol. The molecule has 0 spiro atoms. The van der Waals surface area contributed by atoms with Gasteiger partial charge in [-0.25, -0.2) is 0 Å². The number of nitrogens with one attached hydrogen (secondary N) is 1. The van der Waals surface area contributed by atoms with Crippen LogP contribution < -0.4 is 15.1 Å². The molecule has 1 fully saturated rings. The summed E-state index contributed by atoms with van der Waals surface area (Å²) in [5.41, 5.74) is 4.15. The number of carbonyl (C=O) groups is 2. The first kappa shape index (κ1) is 18.5. The number of fused-ring (bicyclic) bond motifs is 1. The number of carbonyl (C=O) groups excluding carboxylic acids is 2. The Morgan fingerprint density at radius 3 is 2.46 bits per heavy atom. The molecule has 4 rings (SSSR count). The van der Waals surface area contributed by atoms with E-state index >= 15 is 0 Å². The normalized spacial score (nSPS) is 19.9. The van der Waals surface area contributed by atoms with E-state index in [1.165, 1.54) is 5.56 Å². The highest BCUT2D eigenvalue weighted by atomic mass is 16.2. The third-order valence-electron chi connectivity index (χ3n) is 5.86. The second-order valence-corrected chi connectivity index (χ2v) is 7.53. The van der Waals surface area contributed by atoms with E-state index in [0.29, 0.717) is 6.42 Å². The molecule has 2 aromatic carbocycles. The van der Waals surface area contributed by atoms with Gasteiger partial charge >= 0.3 is 0 Å². The van der Waals surface area contributed by atoms with E-state index < -0.39 is 0 Å². The first-order valence-corrected chi connectivity index (χ1v) is 10.2. The van der Waals surface area contributed by atoms with Crippen LogP contribution in [0, 0.1) is 11.8 Å². The van der Waals surface area contributed by atoms with Gasteiger partial charge in [0, 0.05) is 36.7 Å². The van der Waals surface area contributed by atoms with Gasteiger partial charge in [-0.3, -0.25) is 9.59 Å². The van der Waals surface area contributed by atoms with Crippen molar-refractivity contribution in [2.75, 3.05) is 34.8 Å². The van der Waals surface area contributed by atoms with Crippen molar-refractivity contribution in [1.82, 2.24) is 0 Å². The Hall–Kier alpha value is -2.82. The Balaban J connectivity index is 1.35. The van der Waals surface area contributed by atoms with Crippen LogP contribution in [0.5, 0.6) is 0 Å². The summed E-state index contributed by atoms with van der Waals surface area (Å²) >= 11 is 0. The van der Waals surface area contributed by atoms with E-state index in [1.807, 2.05) is 47.4 Å². The Kier molecular flexibility index (Phi) is 5.07. The molecule has 5 nitrogen and oxygen atoms in total. The van der Waals surface area contributed by atoms with Crippen LogP contribution in [0.4, 0.5) is 17.1 Å². The standard InChI is InChI=1S/C23H27N3O2/c1-3-25(4-2)18-11-9-17(10-12-18)24-22(27)19-15-20(19)23(28)26-14-13-16-7-5-6-8-21(16)26/h5-12,19-20H,3-4,13-15H2,1-2H3,(H,24,27). The lowest BCUT2D eigenvalue weighted by molar-refractivity contribution is -0.123. The van der Waals surface area contributed by atoms with Crippen molar-refractivity contribution in [3.63, 3.8) is 0 Å². The maximum Gasteiger partial charge on any atom is 0.230 e. The third kappa shape index (κ3) is 3.49. The van der Waals surface area contributed by atoms with Gasteiger partial charge in [0.15, 0.2) is 0 Å². The average Bonchev–Trinajstić information content (AvgIpc) is 3.42. The molecule has 28 heavy (non-hydrogen) atoms. The number of rotatable bonds is 6. The molecule has 1 heterocycles. The van der Waals surface area contributed by atoms with E-state index in [0.717, 1.165) is 43.1 Å². The van der Waals surface area contributed by atoms with Crippen LogP contribution in [0.25, 0.3) is 0 Å². The molecule has 1 N–H and O–H groups in total. The van der Waals surface area contributed by atoms with Gasteiger partial charge in [-0.15, -0.1) is 0 Å². The van der Waals surface area contributed by atoms with Crippen molar-refractivity contribution in [2.24, 2.45) is 11.8 Å². The summed E-state index contributed by atoms with van der Waals surface area (Å²) in [5, 5.41) is 2.97. The monoisotopic (exact) mass is 377 g/mol. The molecule has 2 unspecified atom stereocenters. The molecule has 2 aromatic rings. The van der Waals surface area contributed by atoms with Gasteiger partial charge in [-0.2, -0.15) is 0 Å². The number of hydrogen-bond acceptors (Lipinski definition) is 3. The maximum atomic E-state index is 12.9. The van der Waals surface area contributed by atoms with Gasteiger partial charge < -0.3 is 15.1 Å². The lowest BCUT2D eigenvalue weighted by Gasteiger charge is -2.21. The van der Waals surface area contributed by atoms with E-state index in [-0.39, 0.29) is 23.7 Å². The highest BCUT2D eigenvalue weighted by Crippen LogP contribution is 2.43. The van der Waals surface area contributed by atoms with E-state index in [4.69, 9.17) is 0 Å². The lowest BCUT2D eigenvalue weighted by Crippen LogP contribution is -2.32. The molecule has 146 valence electrons. The summed E-state index contributed by atoms with van der Waals surface area (Å²) in [4.78, 5) is 29.6. The Labute approximate surface area is 166 Å². The molecule has 1 aliphatic heterocycles. The Morgan fingerprint density at radius 2 is 1.75 bits per heavy atom. The number of nitrogens with zero attached hydrogens (tertiary/aromatic N) is 2. The number of benzene rings is 2. The zero-order valence-corrected chi connectivity index (χ0v) is 16.5. The van der Waals surface area contributed by atoms with E-state index in [2.05, 4.69) is 30.1 Å². The van der Waals surface area contributed by atoms with Crippen molar-refractivity contribution in [3.05, 3.63) is 54.1 Å². The Morgan fingerprint density at radius 1 is 1.04 bits per heavy atom. The molecule has 1 aliphatic carbocycles. The van der Waals surface area contributed by atoms with Crippen molar-refractivity contribution in [3.8, 4) is 0 Å². The average molecular weight is 377 g/mol. The van der Waals surface area contributed by atoms with Crippen LogP contribution in [-0.4, -0.2) is 31.4 Å². The van der Waals surface area contributed by atoms with Gasteiger partial charge in [-0.1, -0.05) is 18.2 Å². The number of hydrogen-bond donors (Lipinski definition) is 1. The lowest BCUT2D eigenvalue weighted by atomic mass is 10.2. The third-order valence-corrected chi connectivity index (χ3v) is 5.86. The molecule has 2 atom stereocenters. The van der Waals surface area contributed by atoms with Gasteiger partial charge in [0.1, 0.15) is 0 Å². The first-order valence-electron chi connectivity index (χ1n) is 10.2. The molecule has 0 bridgehead atoms. The fraction of sp³-hybridized carbons (Fsp3) is 0.391. The van der Waals surface area contributed by atoms with Gasteiger partial charge in [0.25, 0.3) is 0 Å². The molecule has 2 aliphatic rings. The van der Waals surface area contributed by atoms with E-state index in [9.17, 15) is 9.59 Å². The summed E-state index contributed by atoms with van der Waals surface area (Å²) in [6, 6.07) is 16.0. The SMILES string of the molecule is CCN(CC)c1ccc(NC(=O)C2CC2C(=O)N2CCc3ccccc32)cc1. The molecular formula is C23H27N3O2. The topological polar surface area (TPSA) is 52.7 Å². The predicted octanol–water partition coefficient (Wildman–Crippen LogP) is 3.70. The molecular weight excluding hydrogens is 350 g/mol. The highest BCUT2D eigenvalue weighted by molar-refractivity contribution is 6.05. The van der Waals surface area contributed by atoms with E-state index in [1.54, 1.807) is 0 Å². The molecule has 0 saturated heterocycles. The van der Waals surface area contributed by atoms with Crippen LogP contribution in [0.3, 0.4) is 0 Å². The fourth-order valence-corrected chi connectivity index (χ4v) is 4.10. The first-order chi connectivity index (χ1) is 13.6. The molecule has 2 amide bonds. The molecule has 1 saturated carbocycles. The number of para-hydroxylation sites is 1. The second kappa shape index (κ2) is 7.66. The summed E-state index contributed by atoms with van der Waals surface area (Å²) in [6.07, 6.45) is 1.53. The minimum absolute atomic E-state index is 0.0542. The van der Waals surface area contributed by atoms with Crippen LogP contribution >= 0.6 is 0 Å². The quantitative estimate of drug-likeness (QED) is 0.835. The van der Waals surface area contributed by atoms with Crippen molar-refractivity contribution >= 4 is 28.9 Å². The number of anilines is 3. The van der Waals surface area contributed by atoms with Gasteiger partial charge in [-0.05, 0) is 62.6 Å². The second-order valence-electron chi connectivity index (χ2n) is 7.53.